The first-order valence-electron chi connectivity index (χ1n) is 4.61. The van der Waals surface area contributed by atoms with Gasteiger partial charge in [0.15, 0.2) is 0 Å². The van der Waals surface area contributed by atoms with Crippen molar-refractivity contribution >= 4 is 17.7 Å². The Balaban J connectivity index is 1.88. The van der Waals surface area contributed by atoms with E-state index in [4.69, 9.17) is 5.26 Å². The third kappa shape index (κ3) is 1.80. The average Bonchev–Trinajstić information content (AvgIpc) is 2.69. The zero-order chi connectivity index (χ0) is 9.31. The molecule has 0 aromatic carbocycles. The van der Waals surface area contributed by atoms with E-state index in [0.717, 1.165) is 31.4 Å². The summed E-state index contributed by atoms with van der Waals surface area (Å²) in [4.78, 5) is 11.6. The minimum absolute atomic E-state index is 0.0709. The van der Waals surface area contributed by atoms with Gasteiger partial charge in [-0.05, 0) is 31.4 Å². The monoisotopic (exact) mass is 196 g/mol. The van der Waals surface area contributed by atoms with Gasteiger partial charge in [-0.3, -0.25) is 4.79 Å². The van der Waals surface area contributed by atoms with Gasteiger partial charge < -0.3 is 5.32 Å². The number of nitrogens with one attached hydrogen (secondary N) is 1. The summed E-state index contributed by atoms with van der Waals surface area (Å²) in [7, 11) is 0. The summed E-state index contributed by atoms with van der Waals surface area (Å²) in [6.07, 6.45) is 3.75. The van der Waals surface area contributed by atoms with Crippen molar-refractivity contribution in [2.45, 2.75) is 36.5 Å². The molecule has 0 aromatic rings. The first-order chi connectivity index (χ1) is 6.26. The lowest BCUT2D eigenvalue weighted by atomic mass is 10.2. The molecule has 1 saturated carbocycles. The molecule has 1 heterocycles. The van der Waals surface area contributed by atoms with Crippen molar-refractivity contribution in [2.24, 2.45) is 0 Å². The third-order valence-electron chi connectivity index (χ3n) is 2.55. The van der Waals surface area contributed by atoms with Crippen molar-refractivity contribution in [3.63, 3.8) is 0 Å². The lowest BCUT2D eigenvalue weighted by Gasteiger charge is -2.12. The summed E-state index contributed by atoms with van der Waals surface area (Å²) >= 11 is 1.71. The number of hydrogen-bond acceptors (Lipinski definition) is 3. The second kappa shape index (κ2) is 3.22. The van der Waals surface area contributed by atoms with Crippen molar-refractivity contribution in [1.82, 2.24) is 5.32 Å². The maximum atomic E-state index is 11.6. The molecule has 0 spiro atoms. The van der Waals surface area contributed by atoms with Crippen LogP contribution < -0.4 is 5.32 Å². The molecule has 0 bridgehead atoms. The van der Waals surface area contributed by atoms with Crippen LogP contribution in [0.1, 0.15) is 25.7 Å². The van der Waals surface area contributed by atoms with Crippen LogP contribution in [0.5, 0.6) is 0 Å². The van der Waals surface area contributed by atoms with Crippen LogP contribution in [0.15, 0.2) is 0 Å². The van der Waals surface area contributed by atoms with E-state index in [1.165, 1.54) is 0 Å². The first kappa shape index (κ1) is 8.89. The Bertz CT molecular complexity index is 261. The Hall–Kier alpha value is -0.690. The first-order valence-corrected chi connectivity index (χ1v) is 5.65. The molecule has 1 atom stereocenters. The highest BCUT2D eigenvalue weighted by Gasteiger charge is 2.45. The Morgan fingerprint density at radius 2 is 2.38 bits per heavy atom. The van der Waals surface area contributed by atoms with E-state index in [9.17, 15) is 4.79 Å². The smallest absolute Gasteiger partial charge is 0.234 e. The number of carbonyl (C=O) groups excluding carboxylic acids is 1. The Kier molecular flexibility index (Phi) is 2.20. The molecule has 2 aliphatic rings. The lowest BCUT2D eigenvalue weighted by molar-refractivity contribution is -0.121. The average molecular weight is 196 g/mol. The summed E-state index contributed by atoms with van der Waals surface area (Å²) in [5.41, 5.74) is -0.486. The number of nitriles is 1. The van der Waals surface area contributed by atoms with Crippen molar-refractivity contribution in [3.8, 4) is 6.07 Å². The second-order valence-corrected chi connectivity index (χ2v) is 5.00. The Morgan fingerprint density at radius 3 is 2.85 bits per heavy atom. The molecular weight excluding hydrogens is 184 g/mol. The summed E-state index contributed by atoms with van der Waals surface area (Å²) in [5, 5.41) is 11.7. The highest BCUT2D eigenvalue weighted by Crippen LogP contribution is 2.35. The van der Waals surface area contributed by atoms with Crippen LogP contribution in [0.4, 0.5) is 0 Å². The van der Waals surface area contributed by atoms with Gasteiger partial charge in [0.25, 0.3) is 0 Å². The molecule has 3 nitrogen and oxygen atoms in total. The van der Waals surface area contributed by atoms with Crippen LogP contribution >= 0.6 is 11.8 Å². The van der Waals surface area contributed by atoms with E-state index < -0.39 is 5.54 Å². The zero-order valence-corrected chi connectivity index (χ0v) is 8.19. The molecule has 13 heavy (non-hydrogen) atoms. The van der Waals surface area contributed by atoms with Gasteiger partial charge in [-0.1, -0.05) is 0 Å². The van der Waals surface area contributed by atoms with E-state index in [1.807, 2.05) is 0 Å². The molecule has 1 aliphatic heterocycles. The van der Waals surface area contributed by atoms with Crippen molar-refractivity contribution in [1.29, 1.82) is 5.26 Å². The van der Waals surface area contributed by atoms with Gasteiger partial charge in [0.1, 0.15) is 5.54 Å². The summed E-state index contributed by atoms with van der Waals surface area (Å²) in [6.45, 7) is 0. The fourth-order valence-electron chi connectivity index (χ4n) is 1.49. The summed E-state index contributed by atoms with van der Waals surface area (Å²) < 4.78 is 0. The maximum Gasteiger partial charge on any atom is 0.234 e. The molecule has 1 aliphatic carbocycles. The largest absolute Gasteiger partial charge is 0.337 e. The van der Waals surface area contributed by atoms with Gasteiger partial charge in [0.2, 0.25) is 5.91 Å². The van der Waals surface area contributed by atoms with Crippen molar-refractivity contribution < 1.29 is 4.79 Å². The van der Waals surface area contributed by atoms with Gasteiger partial charge in [0, 0.05) is 0 Å². The summed E-state index contributed by atoms with van der Waals surface area (Å²) in [6, 6.07) is 2.17. The molecule has 70 valence electrons. The fraction of sp³-hybridized carbons (Fsp3) is 0.778. The topological polar surface area (TPSA) is 52.9 Å². The fourth-order valence-corrected chi connectivity index (χ4v) is 2.65. The number of nitrogens with zero attached hydrogens (tertiary/aromatic N) is 1. The van der Waals surface area contributed by atoms with Crippen LogP contribution in [-0.2, 0) is 4.79 Å². The molecule has 1 saturated heterocycles. The Morgan fingerprint density at radius 1 is 1.62 bits per heavy atom. The van der Waals surface area contributed by atoms with Crippen LogP contribution in [-0.4, -0.2) is 22.4 Å². The lowest BCUT2D eigenvalue weighted by Crippen LogP contribution is -2.40. The maximum absolute atomic E-state index is 11.6. The van der Waals surface area contributed by atoms with Gasteiger partial charge in [-0.15, -0.1) is 11.8 Å². The van der Waals surface area contributed by atoms with Crippen LogP contribution in [0.3, 0.4) is 0 Å². The number of hydrogen-bond donors (Lipinski definition) is 1. The van der Waals surface area contributed by atoms with Gasteiger partial charge >= 0.3 is 0 Å². The normalized spacial score (nSPS) is 29.3. The second-order valence-electron chi connectivity index (χ2n) is 3.68. The minimum Gasteiger partial charge on any atom is -0.337 e. The molecule has 0 aromatic heterocycles. The molecule has 4 heteroatoms. The van der Waals surface area contributed by atoms with Crippen LogP contribution in [0.2, 0.25) is 0 Å². The standard InChI is InChI=1S/C9H12N2OS/c10-6-9(3-4-9)11-8(12)7-2-1-5-13-7/h7H,1-5H2,(H,11,12). The molecule has 1 N–H and O–H groups in total. The van der Waals surface area contributed by atoms with Crippen molar-refractivity contribution in [2.75, 3.05) is 5.75 Å². The Labute approximate surface area is 81.9 Å². The minimum atomic E-state index is -0.486. The van der Waals surface area contributed by atoms with E-state index in [0.29, 0.717) is 0 Å². The highest BCUT2D eigenvalue weighted by atomic mass is 32.2. The zero-order valence-electron chi connectivity index (χ0n) is 7.38. The highest BCUT2D eigenvalue weighted by molar-refractivity contribution is 8.00. The van der Waals surface area contributed by atoms with Crippen LogP contribution in [0, 0.1) is 11.3 Å². The molecule has 2 rings (SSSR count). The SMILES string of the molecule is N#CC1(NC(=O)C2CCCS2)CC1. The molecule has 2 fully saturated rings. The number of amides is 1. The molecule has 1 amide bonds. The molecule has 0 radical (unpaired) electrons. The summed E-state index contributed by atoms with van der Waals surface area (Å²) in [5.74, 6) is 1.15. The van der Waals surface area contributed by atoms with Crippen molar-refractivity contribution in [3.05, 3.63) is 0 Å². The predicted octanol–water partition coefficient (Wildman–Crippen LogP) is 1.05. The van der Waals surface area contributed by atoms with E-state index in [1.54, 1.807) is 11.8 Å². The third-order valence-corrected chi connectivity index (χ3v) is 3.93. The number of thioether (sulfide) groups is 1. The number of rotatable bonds is 2. The number of carbonyl (C=O) groups is 1. The predicted molar refractivity (Wildman–Crippen MR) is 51.2 cm³/mol. The van der Waals surface area contributed by atoms with Crippen LogP contribution in [0.25, 0.3) is 0 Å². The quantitative estimate of drug-likeness (QED) is 0.718. The van der Waals surface area contributed by atoms with Gasteiger partial charge in [-0.2, -0.15) is 5.26 Å². The van der Waals surface area contributed by atoms with E-state index in [2.05, 4.69) is 11.4 Å². The van der Waals surface area contributed by atoms with Gasteiger partial charge in [-0.25, -0.2) is 0 Å². The van der Waals surface area contributed by atoms with E-state index in [-0.39, 0.29) is 11.2 Å². The molecular formula is C9H12N2OS. The van der Waals surface area contributed by atoms with Gasteiger partial charge in [0.05, 0.1) is 11.3 Å². The van der Waals surface area contributed by atoms with E-state index >= 15 is 0 Å². The molecule has 1 unspecified atom stereocenters.